The molecule has 2 aromatic rings. The lowest BCUT2D eigenvalue weighted by atomic mass is 10.1. The molecule has 7 nitrogen and oxygen atoms in total. The molecule has 0 spiro atoms. The van der Waals surface area contributed by atoms with Crippen molar-refractivity contribution in [2.45, 2.75) is 26.2 Å². The van der Waals surface area contributed by atoms with Crippen LogP contribution in [0.5, 0.6) is 0 Å². The first-order chi connectivity index (χ1) is 13.2. The second kappa shape index (κ2) is 8.50. The third kappa shape index (κ3) is 4.07. The molecule has 2 aliphatic rings. The molecule has 2 aliphatic heterocycles. The Morgan fingerprint density at radius 2 is 1.96 bits per heavy atom. The van der Waals surface area contributed by atoms with Crippen molar-refractivity contribution in [2.75, 3.05) is 57.8 Å². The van der Waals surface area contributed by atoms with E-state index in [0.29, 0.717) is 26.3 Å². The fraction of sp³-hybridized carbons (Fsp3) is 0.632. The number of morpholine rings is 1. The van der Waals surface area contributed by atoms with E-state index in [-0.39, 0.29) is 5.91 Å². The third-order valence-corrected chi connectivity index (χ3v) is 6.58. The molecule has 4 rings (SSSR count). The monoisotopic (exact) mass is 389 g/mol. The second-order valence-electron chi connectivity index (χ2n) is 7.19. The molecule has 4 heterocycles. The van der Waals surface area contributed by atoms with Gasteiger partial charge in [0.2, 0.25) is 0 Å². The molecule has 0 unspecified atom stereocenters. The van der Waals surface area contributed by atoms with Crippen LogP contribution in [0.2, 0.25) is 0 Å². The van der Waals surface area contributed by atoms with Gasteiger partial charge in [-0.05, 0) is 38.4 Å². The normalized spacial score (nSPS) is 18.8. The quantitative estimate of drug-likeness (QED) is 0.847. The van der Waals surface area contributed by atoms with Gasteiger partial charge < -0.3 is 19.9 Å². The number of piperidine rings is 1. The Morgan fingerprint density at radius 3 is 2.74 bits per heavy atom. The number of amides is 1. The van der Waals surface area contributed by atoms with Gasteiger partial charge in [-0.25, -0.2) is 9.97 Å². The fourth-order valence-electron chi connectivity index (χ4n) is 3.84. The first-order valence-electron chi connectivity index (χ1n) is 9.81. The molecule has 0 atom stereocenters. The predicted molar refractivity (Wildman–Crippen MR) is 108 cm³/mol. The van der Waals surface area contributed by atoms with Crippen LogP contribution in [0.4, 0.5) is 5.82 Å². The summed E-state index contributed by atoms with van der Waals surface area (Å²) in [7, 11) is 0. The van der Waals surface area contributed by atoms with Gasteiger partial charge in [-0.2, -0.15) is 0 Å². The summed E-state index contributed by atoms with van der Waals surface area (Å²) >= 11 is 1.47. The lowest BCUT2D eigenvalue weighted by Crippen LogP contribution is -2.40. The molecule has 0 radical (unpaired) electrons. The lowest BCUT2D eigenvalue weighted by Gasteiger charge is -2.26. The van der Waals surface area contributed by atoms with Gasteiger partial charge in [0.25, 0.3) is 5.91 Å². The average molecular weight is 390 g/mol. The molecule has 27 heavy (non-hydrogen) atoms. The van der Waals surface area contributed by atoms with Crippen LogP contribution in [0.1, 0.15) is 34.5 Å². The van der Waals surface area contributed by atoms with E-state index in [1.54, 1.807) is 6.33 Å². The van der Waals surface area contributed by atoms with Crippen LogP contribution in [0.25, 0.3) is 10.2 Å². The number of aryl methyl sites for hydroxylation is 1. The van der Waals surface area contributed by atoms with E-state index >= 15 is 0 Å². The van der Waals surface area contributed by atoms with Crippen LogP contribution in [0, 0.1) is 6.92 Å². The Hall–Kier alpha value is -1.77. The van der Waals surface area contributed by atoms with Crippen molar-refractivity contribution in [3.8, 4) is 0 Å². The molecule has 0 bridgehead atoms. The number of thiophene rings is 1. The van der Waals surface area contributed by atoms with Crippen LogP contribution >= 0.6 is 11.3 Å². The first kappa shape index (κ1) is 18.6. The SMILES string of the molecule is Cc1c(C(=O)N2CCOCC2)sc2ncnc(NCCN3CCCCC3)c12. The number of rotatable bonds is 5. The summed E-state index contributed by atoms with van der Waals surface area (Å²) in [4.78, 5) is 27.8. The van der Waals surface area contributed by atoms with Crippen LogP contribution in [-0.4, -0.2) is 78.2 Å². The smallest absolute Gasteiger partial charge is 0.264 e. The summed E-state index contributed by atoms with van der Waals surface area (Å²) in [6.45, 7) is 8.79. The van der Waals surface area contributed by atoms with E-state index in [9.17, 15) is 4.79 Å². The van der Waals surface area contributed by atoms with Gasteiger partial charge in [0.1, 0.15) is 17.0 Å². The average Bonchev–Trinajstić information content (AvgIpc) is 3.06. The van der Waals surface area contributed by atoms with E-state index in [2.05, 4.69) is 20.2 Å². The molecule has 2 aromatic heterocycles. The molecule has 2 fully saturated rings. The first-order valence-corrected chi connectivity index (χ1v) is 10.6. The van der Waals surface area contributed by atoms with E-state index in [0.717, 1.165) is 39.6 Å². The molecule has 2 saturated heterocycles. The summed E-state index contributed by atoms with van der Waals surface area (Å²) in [5, 5.41) is 4.46. The van der Waals surface area contributed by atoms with Gasteiger partial charge in [-0.1, -0.05) is 6.42 Å². The standard InChI is InChI=1S/C19H27N5O2S/c1-14-15-17(20-5-8-23-6-3-2-4-7-23)21-13-22-18(15)27-16(14)19(25)24-9-11-26-12-10-24/h13H,2-12H2,1H3,(H,20,21,22). The molecule has 1 N–H and O–H groups in total. The Morgan fingerprint density at radius 1 is 1.19 bits per heavy atom. The number of hydrogen-bond donors (Lipinski definition) is 1. The second-order valence-corrected chi connectivity index (χ2v) is 8.19. The minimum atomic E-state index is 0.0815. The van der Waals surface area contributed by atoms with Crippen molar-refractivity contribution in [3.05, 3.63) is 16.8 Å². The zero-order valence-corrected chi connectivity index (χ0v) is 16.7. The number of ether oxygens (including phenoxy) is 1. The molecule has 0 saturated carbocycles. The van der Waals surface area contributed by atoms with Crippen LogP contribution < -0.4 is 5.32 Å². The van der Waals surface area contributed by atoms with Gasteiger partial charge in [0, 0.05) is 26.2 Å². The van der Waals surface area contributed by atoms with Crippen LogP contribution in [0.15, 0.2) is 6.33 Å². The minimum absolute atomic E-state index is 0.0815. The minimum Gasteiger partial charge on any atom is -0.378 e. The Bertz CT molecular complexity index is 797. The number of carbonyl (C=O) groups is 1. The van der Waals surface area contributed by atoms with Gasteiger partial charge >= 0.3 is 0 Å². The maximum Gasteiger partial charge on any atom is 0.264 e. The summed E-state index contributed by atoms with van der Waals surface area (Å²) < 4.78 is 5.36. The zero-order valence-electron chi connectivity index (χ0n) is 15.9. The van der Waals surface area contributed by atoms with Crippen molar-refractivity contribution >= 4 is 33.3 Å². The zero-order chi connectivity index (χ0) is 18.6. The maximum atomic E-state index is 12.9. The fourth-order valence-corrected chi connectivity index (χ4v) is 4.95. The topological polar surface area (TPSA) is 70.6 Å². The van der Waals surface area contributed by atoms with Crippen molar-refractivity contribution in [1.82, 2.24) is 19.8 Å². The molecule has 0 aromatic carbocycles. The van der Waals surface area contributed by atoms with E-state index in [4.69, 9.17) is 4.74 Å². The lowest BCUT2D eigenvalue weighted by molar-refractivity contribution is 0.0306. The Kier molecular flexibility index (Phi) is 5.85. The molecule has 1 amide bonds. The maximum absolute atomic E-state index is 12.9. The summed E-state index contributed by atoms with van der Waals surface area (Å²) in [5.41, 5.74) is 0.979. The summed E-state index contributed by atoms with van der Waals surface area (Å²) in [6.07, 6.45) is 5.54. The van der Waals surface area contributed by atoms with Crippen molar-refractivity contribution in [1.29, 1.82) is 0 Å². The van der Waals surface area contributed by atoms with Crippen molar-refractivity contribution in [2.24, 2.45) is 0 Å². The third-order valence-electron chi connectivity index (χ3n) is 5.39. The molecule has 0 aliphatic carbocycles. The van der Waals surface area contributed by atoms with E-state index < -0.39 is 0 Å². The molecule has 8 heteroatoms. The highest BCUT2D eigenvalue weighted by atomic mass is 32.1. The highest BCUT2D eigenvalue weighted by Crippen LogP contribution is 2.34. The predicted octanol–water partition coefficient (Wildman–Crippen LogP) is 2.37. The highest BCUT2D eigenvalue weighted by Gasteiger charge is 2.24. The van der Waals surface area contributed by atoms with Gasteiger partial charge in [0.15, 0.2) is 0 Å². The number of fused-ring (bicyclic) bond motifs is 1. The number of hydrogen-bond acceptors (Lipinski definition) is 7. The van der Waals surface area contributed by atoms with Crippen molar-refractivity contribution < 1.29 is 9.53 Å². The number of nitrogens with zero attached hydrogens (tertiary/aromatic N) is 4. The van der Waals surface area contributed by atoms with Crippen LogP contribution in [-0.2, 0) is 4.74 Å². The van der Waals surface area contributed by atoms with Crippen LogP contribution in [0.3, 0.4) is 0 Å². The van der Waals surface area contributed by atoms with E-state index in [1.165, 1.54) is 43.7 Å². The number of nitrogens with one attached hydrogen (secondary N) is 1. The van der Waals surface area contributed by atoms with Gasteiger partial charge in [0.05, 0.1) is 23.5 Å². The summed E-state index contributed by atoms with van der Waals surface area (Å²) in [6, 6.07) is 0. The Balaban J connectivity index is 1.50. The van der Waals surface area contributed by atoms with Gasteiger partial charge in [-0.3, -0.25) is 4.79 Å². The number of aromatic nitrogens is 2. The van der Waals surface area contributed by atoms with Crippen molar-refractivity contribution in [3.63, 3.8) is 0 Å². The number of likely N-dealkylation sites (tertiary alicyclic amines) is 1. The van der Waals surface area contributed by atoms with Gasteiger partial charge in [-0.15, -0.1) is 11.3 Å². The summed E-state index contributed by atoms with van der Waals surface area (Å²) in [5.74, 6) is 0.921. The highest BCUT2D eigenvalue weighted by molar-refractivity contribution is 7.20. The molecular weight excluding hydrogens is 362 g/mol. The van der Waals surface area contributed by atoms with E-state index in [1.807, 2.05) is 11.8 Å². The number of carbonyl (C=O) groups excluding carboxylic acids is 1. The molecular formula is C19H27N5O2S. The molecule has 146 valence electrons. The largest absolute Gasteiger partial charge is 0.378 e. The number of anilines is 1. The Labute approximate surface area is 163 Å².